The first-order valence-electron chi connectivity index (χ1n) is 6.92. The molecule has 21 heavy (non-hydrogen) atoms. The maximum absolute atomic E-state index is 12.1. The number of morpholine rings is 1. The van der Waals surface area contributed by atoms with Gasteiger partial charge in [-0.3, -0.25) is 4.79 Å². The molecule has 1 amide bonds. The Labute approximate surface area is 124 Å². The Morgan fingerprint density at radius 3 is 2.71 bits per heavy atom. The zero-order valence-corrected chi connectivity index (χ0v) is 12.3. The second kappa shape index (κ2) is 7.08. The first kappa shape index (κ1) is 15.3. The van der Waals surface area contributed by atoms with E-state index in [4.69, 9.17) is 4.74 Å². The van der Waals surface area contributed by atoms with Crippen LogP contribution in [0.2, 0.25) is 0 Å². The van der Waals surface area contributed by atoms with Gasteiger partial charge in [-0.1, -0.05) is 0 Å². The molecule has 0 aromatic heterocycles. The van der Waals surface area contributed by atoms with E-state index < -0.39 is 0 Å². The van der Waals surface area contributed by atoms with Crippen LogP contribution in [-0.2, 0) is 14.3 Å². The number of anilines is 1. The Kier molecular flexibility index (Phi) is 5.16. The maximum atomic E-state index is 12.1. The molecule has 0 unspecified atom stereocenters. The third-order valence-electron chi connectivity index (χ3n) is 3.34. The van der Waals surface area contributed by atoms with Gasteiger partial charge in [0.05, 0.1) is 31.9 Å². The Morgan fingerprint density at radius 1 is 1.38 bits per heavy atom. The summed E-state index contributed by atoms with van der Waals surface area (Å²) in [6.07, 6.45) is 0.0852. The van der Waals surface area contributed by atoms with E-state index in [2.05, 4.69) is 10.1 Å². The number of hydrogen-bond acceptors (Lipinski definition) is 5. The van der Waals surface area contributed by atoms with Crippen molar-refractivity contribution in [1.29, 1.82) is 0 Å². The lowest BCUT2D eigenvalue weighted by atomic mass is 10.2. The van der Waals surface area contributed by atoms with Crippen molar-refractivity contribution in [1.82, 2.24) is 4.90 Å². The molecule has 1 fully saturated rings. The predicted octanol–water partition coefficient (Wildman–Crippen LogP) is 1.13. The zero-order valence-electron chi connectivity index (χ0n) is 12.3. The van der Waals surface area contributed by atoms with Crippen LogP contribution in [0.3, 0.4) is 0 Å². The molecular weight excluding hydrogens is 272 g/mol. The zero-order chi connectivity index (χ0) is 15.2. The van der Waals surface area contributed by atoms with Gasteiger partial charge in [-0.15, -0.1) is 0 Å². The number of carbonyl (C=O) groups excluding carboxylic acids is 2. The minimum atomic E-state index is -0.375. The smallest absolute Gasteiger partial charge is 0.337 e. The molecule has 6 heteroatoms. The van der Waals surface area contributed by atoms with Crippen LogP contribution >= 0.6 is 0 Å². The highest BCUT2D eigenvalue weighted by molar-refractivity contribution is 5.89. The van der Waals surface area contributed by atoms with Crippen LogP contribution in [0, 0.1) is 0 Å². The molecule has 0 aliphatic carbocycles. The maximum Gasteiger partial charge on any atom is 0.337 e. The summed E-state index contributed by atoms with van der Waals surface area (Å²) in [6, 6.07) is 6.83. The molecule has 1 atom stereocenters. The Balaban J connectivity index is 1.85. The van der Waals surface area contributed by atoms with Crippen molar-refractivity contribution in [3.05, 3.63) is 29.8 Å². The van der Waals surface area contributed by atoms with Crippen molar-refractivity contribution < 1.29 is 19.1 Å². The lowest BCUT2D eigenvalue weighted by Gasteiger charge is -2.31. The summed E-state index contributed by atoms with van der Waals surface area (Å²) in [5, 5.41) is 3.06. The number of benzene rings is 1. The van der Waals surface area contributed by atoms with E-state index in [1.54, 1.807) is 29.2 Å². The Hall–Kier alpha value is -2.08. The van der Waals surface area contributed by atoms with Crippen LogP contribution in [0.25, 0.3) is 0 Å². The quantitative estimate of drug-likeness (QED) is 0.843. The number of hydrogen-bond donors (Lipinski definition) is 1. The summed E-state index contributed by atoms with van der Waals surface area (Å²) in [5.41, 5.74) is 1.27. The van der Waals surface area contributed by atoms with E-state index >= 15 is 0 Å². The molecule has 1 aliphatic heterocycles. The minimum Gasteiger partial charge on any atom is -0.465 e. The van der Waals surface area contributed by atoms with Crippen LogP contribution in [0.1, 0.15) is 17.3 Å². The molecule has 1 aromatic carbocycles. The predicted molar refractivity (Wildman–Crippen MR) is 78.3 cm³/mol. The molecule has 1 heterocycles. The van der Waals surface area contributed by atoms with E-state index in [-0.39, 0.29) is 24.5 Å². The number of nitrogens with one attached hydrogen (secondary N) is 1. The van der Waals surface area contributed by atoms with Crippen LogP contribution in [0.5, 0.6) is 0 Å². The van der Waals surface area contributed by atoms with Gasteiger partial charge in [0.1, 0.15) is 0 Å². The summed E-state index contributed by atoms with van der Waals surface area (Å²) in [7, 11) is 1.34. The molecule has 1 saturated heterocycles. The highest BCUT2D eigenvalue weighted by atomic mass is 16.5. The molecule has 0 saturated carbocycles. The second-order valence-electron chi connectivity index (χ2n) is 4.94. The first-order valence-corrected chi connectivity index (χ1v) is 6.92. The third kappa shape index (κ3) is 4.19. The van der Waals surface area contributed by atoms with Crippen molar-refractivity contribution in [2.45, 2.75) is 13.0 Å². The van der Waals surface area contributed by atoms with Gasteiger partial charge in [0.15, 0.2) is 0 Å². The number of methoxy groups -OCH3 is 1. The minimum absolute atomic E-state index is 0.0437. The van der Waals surface area contributed by atoms with E-state index in [1.165, 1.54) is 7.11 Å². The van der Waals surface area contributed by atoms with Gasteiger partial charge in [-0.2, -0.15) is 0 Å². The van der Waals surface area contributed by atoms with Crippen molar-refractivity contribution in [3.8, 4) is 0 Å². The second-order valence-corrected chi connectivity index (χ2v) is 4.94. The molecule has 0 spiro atoms. The van der Waals surface area contributed by atoms with Crippen LogP contribution < -0.4 is 5.32 Å². The molecule has 0 radical (unpaired) electrons. The van der Waals surface area contributed by atoms with Gasteiger partial charge < -0.3 is 19.7 Å². The number of ether oxygens (including phenoxy) is 2. The number of rotatable bonds is 4. The van der Waals surface area contributed by atoms with Crippen LogP contribution in [0.4, 0.5) is 5.69 Å². The molecule has 1 N–H and O–H groups in total. The lowest BCUT2D eigenvalue weighted by Crippen LogP contribution is -2.46. The Morgan fingerprint density at radius 2 is 2.10 bits per heavy atom. The van der Waals surface area contributed by atoms with Crippen molar-refractivity contribution in [2.24, 2.45) is 0 Å². The molecule has 1 aliphatic rings. The Bertz CT molecular complexity index is 501. The molecule has 0 bridgehead atoms. The fourth-order valence-electron chi connectivity index (χ4n) is 2.18. The molecule has 2 rings (SSSR count). The van der Waals surface area contributed by atoms with E-state index in [0.717, 1.165) is 5.69 Å². The highest BCUT2D eigenvalue weighted by Gasteiger charge is 2.20. The fraction of sp³-hybridized carbons (Fsp3) is 0.467. The van der Waals surface area contributed by atoms with Crippen molar-refractivity contribution in [3.63, 3.8) is 0 Å². The number of carbonyl (C=O) groups is 2. The van der Waals surface area contributed by atoms with Gasteiger partial charge in [0.25, 0.3) is 0 Å². The monoisotopic (exact) mass is 292 g/mol. The summed E-state index contributed by atoms with van der Waals surface area (Å²) in [6.45, 7) is 4.03. The number of amides is 1. The van der Waals surface area contributed by atoms with Crippen molar-refractivity contribution >= 4 is 17.6 Å². The van der Waals surface area contributed by atoms with Gasteiger partial charge in [-0.25, -0.2) is 4.79 Å². The SMILES string of the molecule is COC(=O)c1ccc(NCC(=O)N2CCO[C@H](C)C2)cc1. The average Bonchev–Trinajstić information content (AvgIpc) is 2.52. The number of esters is 1. The van der Waals surface area contributed by atoms with Crippen LogP contribution in [0.15, 0.2) is 24.3 Å². The van der Waals surface area contributed by atoms with Crippen LogP contribution in [-0.4, -0.2) is 56.2 Å². The largest absolute Gasteiger partial charge is 0.465 e. The van der Waals surface area contributed by atoms with Gasteiger partial charge in [-0.05, 0) is 31.2 Å². The summed E-state index contributed by atoms with van der Waals surface area (Å²) in [4.78, 5) is 25.2. The standard InChI is InChI=1S/C15H20N2O4/c1-11-10-17(7-8-21-11)14(18)9-16-13-5-3-12(4-6-13)15(19)20-2/h3-6,11,16H,7-10H2,1-2H3/t11-/m1/s1. The highest BCUT2D eigenvalue weighted by Crippen LogP contribution is 2.11. The van der Waals surface area contributed by atoms with E-state index in [0.29, 0.717) is 25.3 Å². The molecule has 1 aromatic rings. The summed E-state index contributed by atoms with van der Waals surface area (Å²) >= 11 is 0. The summed E-state index contributed by atoms with van der Waals surface area (Å²) in [5.74, 6) is -0.331. The summed E-state index contributed by atoms with van der Waals surface area (Å²) < 4.78 is 10.0. The average molecular weight is 292 g/mol. The van der Waals surface area contributed by atoms with Crippen molar-refractivity contribution in [2.75, 3.05) is 38.7 Å². The van der Waals surface area contributed by atoms with Gasteiger partial charge in [0, 0.05) is 18.8 Å². The third-order valence-corrected chi connectivity index (χ3v) is 3.34. The molecule has 114 valence electrons. The van der Waals surface area contributed by atoms with E-state index in [1.807, 2.05) is 6.92 Å². The normalized spacial score (nSPS) is 18.2. The van der Waals surface area contributed by atoms with Gasteiger partial charge >= 0.3 is 5.97 Å². The van der Waals surface area contributed by atoms with E-state index in [9.17, 15) is 9.59 Å². The lowest BCUT2D eigenvalue weighted by molar-refractivity contribution is -0.136. The van der Waals surface area contributed by atoms with Gasteiger partial charge in [0.2, 0.25) is 5.91 Å². The first-order chi connectivity index (χ1) is 10.1. The molecular formula is C15H20N2O4. The fourth-order valence-corrected chi connectivity index (χ4v) is 2.18. The number of nitrogens with zero attached hydrogens (tertiary/aromatic N) is 1. The molecule has 6 nitrogen and oxygen atoms in total. The topological polar surface area (TPSA) is 67.9 Å².